The summed E-state index contributed by atoms with van der Waals surface area (Å²) in [4.78, 5) is 8.26. The van der Waals surface area contributed by atoms with Crippen molar-refractivity contribution in [1.82, 2.24) is 9.97 Å². The van der Waals surface area contributed by atoms with Crippen molar-refractivity contribution in [3.05, 3.63) is 40.4 Å². The van der Waals surface area contributed by atoms with Crippen molar-refractivity contribution in [2.45, 2.75) is 13.5 Å². The van der Waals surface area contributed by atoms with Gasteiger partial charge in [-0.15, -0.1) is 0 Å². The van der Waals surface area contributed by atoms with Crippen molar-refractivity contribution in [2.24, 2.45) is 5.84 Å². The molecule has 0 unspecified atom stereocenters. The maximum Gasteiger partial charge on any atom is 0.224 e. The van der Waals surface area contributed by atoms with Gasteiger partial charge in [0.1, 0.15) is 12.4 Å². The molecule has 1 aromatic heterocycles. The number of nitrogen functional groups attached to an aromatic ring is 1. The van der Waals surface area contributed by atoms with Crippen LogP contribution in [0.4, 0.5) is 10.2 Å². The molecule has 2 rings (SSSR count). The SMILES string of the molecule is CCOCc1nc(NN)cc(Oc2ccc(Br)cc2F)n1. The van der Waals surface area contributed by atoms with Crippen LogP contribution in [0, 0.1) is 5.82 Å². The highest BCUT2D eigenvalue weighted by Gasteiger charge is 2.10. The van der Waals surface area contributed by atoms with Crippen LogP contribution in [-0.2, 0) is 11.3 Å². The van der Waals surface area contributed by atoms with Crippen molar-refractivity contribution in [3.8, 4) is 11.6 Å². The largest absolute Gasteiger partial charge is 0.436 e. The van der Waals surface area contributed by atoms with E-state index in [-0.39, 0.29) is 18.2 Å². The number of hydrogen-bond donors (Lipinski definition) is 2. The lowest BCUT2D eigenvalue weighted by Crippen LogP contribution is -2.11. The van der Waals surface area contributed by atoms with Gasteiger partial charge in [0, 0.05) is 17.1 Å². The fraction of sp³-hybridized carbons (Fsp3) is 0.231. The Morgan fingerprint density at radius 1 is 1.33 bits per heavy atom. The molecule has 0 spiro atoms. The van der Waals surface area contributed by atoms with Crippen molar-refractivity contribution in [1.29, 1.82) is 0 Å². The molecule has 0 radical (unpaired) electrons. The molecule has 1 heterocycles. The molecule has 0 fully saturated rings. The van der Waals surface area contributed by atoms with E-state index >= 15 is 0 Å². The highest BCUT2D eigenvalue weighted by atomic mass is 79.9. The van der Waals surface area contributed by atoms with Crippen LogP contribution in [0.15, 0.2) is 28.7 Å². The number of halogens is 2. The van der Waals surface area contributed by atoms with Crippen molar-refractivity contribution in [3.63, 3.8) is 0 Å². The lowest BCUT2D eigenvalue weighted by molar-refractivity contribution is 0.128. The van der Waals surface area contributed by atoms with E-state index < -0.39 is 5.82 Å². The summed E-state index contributed by atoms with van der Waals surface area (Å²) in [5.41, 5.74) is 2.41. The summed E-state index contributed by atoms with van der Waals surface area (Å²) >= 11 is 3.18. The summed E-state index contributed by atoms with van der Waals surface area (Å²) in [6, 6.07) is 5.94. The van der Waals surface area contributed by atoms with E-state index in [1.165, 1.54) is 18.2 Å². The second-order valence-electron chi connectivity index (χ2n) is 3.97. The van der Waals surface area contributed by atoms with Crippen LogP contribution in [0.1, 0.15) is 12.7 Å². The minimum atomic E-state index is -0.503. The number of nitrogens with one attached hydrogen (secondary N) is 1. The average molecular weight is 357 g/mol. The van der Waals surface area contributed by atoms with Crippen LogP contribution in [0.25, 0.3) is 0 Å². The first-order chi connectivity index (χ1) is 10.1. The number of aromatic nitrogens is 2. The number of ether oxygens (including phenoxy) is 2. The fourth-order valence-electron chi connectivity index (χ4n) is 1.53. The number of hydrogen-bond acceptors (Lipinski definition) is 6. The van der Waals surface area contributed by atoms with Gasteiger partial charge in [-0.1, -0.05) is 15.9 Å². The molecule has 0 aliphatic heterocycles. The van der Waals surface area contributed by atoms with Crippen molar-refractivity contribution in [2.75, 3.05) is 12.0 Å². The molecular formula is C13H14BrFN4O2. The van der Waals surface area contributed by atoms with Crippen molar-refractivity contribution >= 4 is 21.7 Å². The second-order valence-corrected chi connectivity index (χ2v) is 4.88. The Bertz CT molecular complexity index is 627. The van der Waals surface area contributed by atoms with Gasteiger partial charge in [0.2, 0.25) is 5.88 Å². The normalized spacial score (nSPS) is 10.5. The molecule has 8 heteroatoms. The van der Waals surface area contributed by atoms with E-state index in [1.807, 2.05) is 6.92 Å². The maximum absolute atomic E-state index is 13.8. The Morgan fingerprint density at radius 3 is 2.81 bits per heavy atom. The van der Waals surface area contributed by atoms with Crippen LogP contribution in [0.2, 0.25) is 0 Å². The summed E-state index contributed by atoms with van der Waals surface area (Å²) < 4.78 is 25.0. The number of nitrogens with zero attached hydrogens (tertiary/aromatic N) is 2. The minimum absolute atomic E-state index is 0.0576. The summed E-state index contributed by atoms with van der Waals surface area (Å²) in [5, 5.41) is 0. The van der Waals surface area contributed by atoms with Gasteiger partial charge in [0.15, 0.2) is 17.4 Å². The lowest BCUT2D eigenvalue weighted by atomic mass is 10.3. The molecule has 0 atom stereocenters. The summed E-state index contributed by atoms with van der Waals surface area (Å²) in [5.74, 6) is 5.81. The zero-order valence-corrected chi connectivity index (χ0v) is 12.9. The number of anilines is 1. The predicted octanol–water partition coefficient (Wildman–Crippen LogP) is 2.99. The quantitative estimate of drug-likeness (QED) is 0.611. The van der Waals surface area contributed by atoms with Crippen molar-refractivity contribution < 1.29 is 13.9 Å². The van der Waals surface area contributed by atoms with E-state index in [2.05, 4.69) is 31.3 Å². The van der Waals surface area contributed by atoms with Gasteiger partial charge in [0.05, 0.1) is 0 Å². The topological polar surface area (TPSA) is 82.3 Å². The van der Waals surface area contributed by atoms with Gasteiger partial charge in [-0.2, -0.15) is 4.98 Å². The zero-order chi connectivity index (χ0) is 15.2. The fourth-order valence-corrected chi connectivity index (χ4v) is 1.86. The Labute approximate surface area is 129 Å². The molecule has 0 bridgehead atoms. The number of benzene rings is 1. The summed E-state index contributed by atoms with van der Waals surface area (Å²) in [6.07, 6.45) is 0. The second kappa shape index (κ2) is 7.30. The number of nitrogens with two attached hydrogens (primary N) is 1. The van der Waals surface area contributed by atoms with E-state index in [0.717, 1.165) is 0 Å². The third kappa shape index (κ3) is 4.35. The van der Waals surface area contributed by atoms with E-state index in [4.69, 9.17) is 15.3 Å². The van der Waals surface area contributed by atoms with Crippen LogP contribution < -0.4 is 16.0 Å². The Kier molecular flexibility index (Phi) is 5.43. The average Bonchev–Trinajstić information content (AvgIpc) is 2.48. The Hall–Kier alpha value is -1.77. The van der Waals surface area contributed by atoms with Crippen LogP contribution in [0.3, 0.4) is 0 Å². The molecule has 0 saturated heterocycles. The summed E-state index contributed by atoms with van der Waals surface area (Å²) in [6.45, 7) is 2.60. The van der Waals surface area contributed by atoms with Gasteiger partial charge in [-0.05, 0) is 25.1 Å². The molecule has 112 valence electrons. The van der Waals surface area contributed by atoms with Gasteiger partial charge >= 0.3 is 0 Å². The van der Waals surface area contributed by atoms with E-state index in [9.17, 15) is 4.39 Å². The molecule has 0 saturated carbocycles. The number of rotatable bonds is 6. The molecule has 6 nitrogen and oxygen atoms in total. The monoisotopic (exact) mass is 356 g/mol. The van der Waals surface area contributed by atoms with E-state index in [0.29, 0.717) is 22.7 Å². The summed E-state index contributed by atoms with van der Waals surface area (Å²) in [7, 11) is 0. The third-order valence-corrected chi connectivity index (χ3v) is 2.93. The van der Waals surface area contributed by atoms with Crippen LogP contribution in [0.5, 0.6) is 11.6 Å². The number of hydrazine groups is 1. The van der Waals surface area contributed by atoms with Crippen LogP contribution in [-0.4, -0.2) is 16.6 Å². The first-order valence-electron chi connectivity index (χ1n) is 6.17. The van der Waals surface area contributed by atoms with Gasteiger partial charge in [-0.3, -0.25) is 0 Å². The highest BCUT2D eigenvalue weighted by molar-refractivity contribution is 9.10. The van der Waals surface area contributed by atoms with Crippen LogP contribution >= 0.6 is 15.9 Å². The van der Waals surface area contributed by atoms with E-state index in [1.54, 1.807) is 6.07 Å². The molecule has 21 heavy (non-hydrogen) atoms. The van der Waals surface area contributed by atoms with Gasteiger partial charge in [0.25, 0.3) is 0 Å². The maximum atomic E-state index is 13.8. The lowest BCUT2D eigenvalue weighted by Gasteiger charge is -2.09. The molecule has 0 aliphatic rings. The minimum Gasteiger partial charge on any atom is -0.436 e. The first-order valence-corrected chi connectivity index (χ1v) is 6.97. The molecule has 0 aliphatic carbocycles. The Balaban J connectivity index is 2.25. The molecule has 3 N–H and O–H groups in total. The third-order valence-electron chi connectivity index (χ3n) is 2.44. The highest BCUT2D eigenvalue weighted by Crippen LogP contribution is 2.26. The molecule has 0 amide bonds. The zero-order valence-electron chi connectivity index (χ0n) is 11.3. The smallest absolute Gasteiger partial charge is 0.224 e. The molecule has 1 aromatic carbocycles. The Morgan fingerprint density at radius 2 is 2.14 bits per heavy atom. The predicted molar refractivity (Wildman–Crippen MR) is 79.3 cm³/mol. The first kappa shape index (κ1) is 15.6. The van der Waals surface area contributed by atoms with Gasteiger partial charge < -0.3 is 14.9 Å². The molecule has 2 aromatic rings. The molecular weight excluding hydrogens is 343 g/mol. The van der Waals surface area contributed by atoms with Gasteiger partial charge in [-0.25, -0.2) is 15.2 Å². The standard InChI is InChI=1S/C13H14BrFN4O2/c1-2-20-7-12-17-11(19-16)6-13(18-12)21-10-4-3-8(14)5-9(10)15/h3-6H,2,7,16H2,1H3,(H,17,18,19).